The van der Waals surface area contributed by atoms with Gasteiger partial charge in [-0.2, -0.15) is 12.7 Å². The zero-order chi connectivity index (χ0) is 18.4. The van der Waals surface area contributed by atoms with E-state index in [9.17, 15) is 13.2 Å². The van der Waals surface area contributed by atoms with Gasteiger partial charge in [-0.15, -0.1) is 0 Å². The van der Waals surface area contributed by atoms with Crippen LogP contribution < -0.4 is 4.72 Å². The Morgan fingerprint density at radius 3 is 2.64 bits per heavy atom. The minimum atomic E-state index is -3.79. The maximum atomic E-state index is 12.6. The van der Waals surface area contributed by atoms with E-state index in [1.807, 2.05) is 19.9 Å². The van der Waals surface area contributed by atoms with E-state index in [0.29, 0.717) is 30.8 Å². The maximum Gasteiger partial charge on any atom is 0.304 e. The lowest BCUT2D eigenvalue weighted by atomic mass is 10.00. The average Bonchev–Trinajstić information content (AvgIpc) is 3.09. The topological polar surface area (TPSA) is 75.7 Å². The summed E-state index contributed by atoms with van der Waals surface area (Å²) in [5.74, 6) is -0.604. The van der Waals surface area contributed by atoms with Gasteiger partial charge in [0.2, 0.25) is 0 Å². The van der Waals surface area contributed by atoms with Gasteiger partial charge in [-0.3, -0.25) is 4.79 Å². The van der Waals surface area contributed by atoms with E-state index < -0.39 is 16.1 Å². The molecule has 0 bridgehead atoms. The summed E-state index contributed by atoms with van der Waals surface area (Å²) in [7, 11) is -3.79. The minimum Gasteiger partial charge on any atom is -0.374 e. The van der Waals surface area contributed by atoms with E-state index in [-0.39, 0.29) is 6.10 Å². The van der Waals surface area contributed by atoms with Gasteiger partial charge in [0.25, 0.3) is 5.91 Å². The SMILES string of the molecule is CCCCO[C@H](C)c1cc(C)ccc1C(=O)NS(=O)(=O)N1CCCC1. The monoisotopic (exact) mass is 368 g/mol. The van der Waals surface area contributed by atoms with E-state index in [1.54, 1.807) is 12.1 Å². The van der Waals surface area contributed by atoms with Crippen molar-refractivity contribution in [3.05, 3.63) is 34.9 Å². The van der Waals surface area contributed by atoms with Gasteiger partial charge in [-0.1, -0.05) is 31.0 Å². The number of benzene rings is 1. The molecule has 1 heterocycles. The van der Waals surface area contributed by atoms with Crippen LogP contribution in [0.1, 0.15) is 67.1 Å². The second-order valence-electron chi connectivity index (χ2n) is 6.50. The molecule has 1 N–H and O–H groups in total. The molecular weight excluding hydrogens is 340 g/mol. The molecule has 1 atom stereocenters. The van der Waals surface area contributed by atoms with Crippen LogP contribution in [0.3, 0.4) is 0 Å². The molecule has 1 aromatic rings. The van der Waals surface area contributed by atoms with Crippen molar-refractivity contribution in [2.24, 2.45) is 0 Å². The summed E-state index contributed by atoms with van der Waals surface area (Å²) in [5.41, 5.74) is 2.06. The lowest BCUT2D eigenvalue weighted by molar-refractivity contribution is 0.0624. The number of nitrogens with zero attached hydrogens (tertiary/aromatic N) is 1. The highest BCUT2D eigenvalue weighted by molar-refractivity contribution is 7.87. The fraction of sp³-hybridized carbons (Fsp3) is 0.611. The Kier molecular flexibility index (Phi) is 6.98. The van der Waals surface area contributed by atoms with Gasteiger partial charge in [0, 0.05) is 25.3 Å². The number of ether oxygens (including phenoxy) is 1. The smallest absolute Gasteiger partial charge is 0.304 e. The number of amides is 1. The molecule has 0 radical (unpaired) electrons. The van der Waals surface area contributed by atoms with Gasteiger partial charge in [-0.25, -0.2) is 4.72 Å². The van der Waals surface area contributed by atoms with Gasteiger partial charge < -0.3 is 4.74 Å². The van der Waals surface area contributed by atoms with Crippen LogP contribution in [0.25, 0.3) is 0 Å². The van der Waals surface area contributed by atoms with Crippen LogP contribution in [-0.2, 0) is 14.9 Å². The molecule has 1 aromatic carbocycles. The van der Waals surface area contributed by atoms with Gasteiger partial charge in [-0.05, 0) is 44.7 Å². The number of unbranched alkanes of at least 4 members (excludes halogenated alkanes) is 1. The molecule has 1 fully saturated rings. The molecule has 0 spiro atoms. The molecule has 0 saturated carbocycles. The van der Waals surface area contributed by atoms with E-state index in [0.717, 1.165) is 31.2 Å². The van der Waals surface area contributed by atoms with E-state index in [4.69, 9.17) is 4.74 Å². The number of rotatable bonds is 8. The van der Waals surface area contributed by atoms with Crippen molar-refractivity contribution in [2.45, 2.75) is 52.6 Å². The van der Waals surface area contributed by atoms with Crippen molar-refractivity contribution in [1.82, 2.24) is 9.03 Å². The number of carbonyl (C=O) groups is 1. The maximum absolute atomic E-state index is 12.6. The number of carbonyl (C=O) groups excluding carboxylic acids is 1. The highest BCUT2D eigenvalue weighted by atomic mass is 32.2. The molecular formula is C18H28N2O4S. The van der Waals surface area contributed by atoms with Crippen molar-refractivity contribution < 1.29 is 17.9 Å². The molecule has 1 aliphatic heterocycles. The number of nitrogens with one attached hydrogen (secondary N) is 1. The number of hydrogen-bond donors (Lipinski definition) is 1. The second-order valence-corrected chi connectivity index (χ2v) is 8.17. The summed E-state index contributed by atoms with van der Waals surface area (Å²) in [6, 6.07) is 5.35. The molecule has 25 heavy (non-hydrogen) atoms. The normalized spacial score (nSPS) is 16.8. The Bertz CT molecular complexity index is 697. The van der Waals surface area contributed by atoms with E-state index in [1.165, 1.54) is 4.31 Å². The van der Waals surface area contributed by atoms with Crippen LogP contribution in [0.5, 0.6) is 0 Å². The third kappa shape index (κ3) is 5.26. The van der Waals surface area contributed by atoms with Crippen LogP contribution >= 0.6 is 0 Å². The van der Waals surface area contributed by atoms with Crippen molar-refractivity contribution >= 4 is 16.1 Å². The first-order chi connectivity index (χ1) is 11.8. The van der Waals surface area contributed by atoms with E-state index >= 15 is 0 Å². The minimum absolute atomic E-state index is 0.276. The molecule has 1 saturated heterocycles. The molecule has 1 aliphatic rings. The Labute approximate surface area is 150 Å². The first-order valence-electron chi connectivity index (χ1n) is 8.89. The zero-order valence-electron chi connectivity index (χ0n) is 15.2. The van der Waals surface area contributed by atoms with Crippen LogP contribution in [0.2, 0.25) is 0 Å². The summed E-state index contributed by atoms with van der Waals surface area (Å²) >= 11 is 0. The molecule has 2 rings (SSSR count). The van der Waals surface area contributed by atoms with Crippen molar-refractivity contribution in [3.8, 4) is 0 Å². The predicted octanol–water partition coefficient (Wildman–Crippen LogP) is 2.94. The van der Waals surface area contributed by atoms with E-state index in [2.05, 4.69) is 11.6 Å². The lowest BCUT2D eigenvalue weighted by Gasteiger charge is -2.20. The highest BCUT2D eigenvalue weighted by Crippen LogP contribution is 2.23. The van der Waals surface area contributed by atoms with Gasteiger partial charge in [0.05, 0.1) is 6.10 Å². The second kappa shape index (κ2) is 8.78. The lowest BCUT2D eigenvalue weighted by Crippen LogP contribution is -2.42. The van der Waals surface area contributed by atoms with Crippen LogP contribution in [0.15, 0.2) is 18.2 Å². The highest BCUT2D eigenvalue weighted by Gasteiger charge is 2.28. The molecule has 6 nitrogen and oxygen atoms in total. The first-order valence-corrected chi connectivity index (χ1v) is 10.3. The van der Waals surface area contributed by atoms with Gasteiger partial charge in [0.15, 0.2) is 0 Å². The quantitative estimate of drug-likeness (QED) is 0.716. The average molecular weight is 368 g/mol. The van der Waals surface area contributed by atoms with Crippen molar-refractivity contribution in [1.29, 1.82) is 0 Å². The van der Waals surface area contributed by atoms with Crippen LogP contribution in [0, 0.1) is 6.92 Å². The Balaban J connectivity index is 2.18. The molecule has 0 unspecified atom stereocenters. The van der Waals surface area contributed by atoms with Crippen molar-refractivity contribution in [2.75, 3.05) is 19.7 Å². The summed E-state index contributed by atoms with van der Waals surface area (Å²) in [6.45, 7) is 7.43. The van der Waals surface area contributed by atoms with Gasteiger partial charge in [0.1, 0.15) is 0 Å². The summed E-state index contributed by atoms with van der Waals surface area (Å²) < 4.78 is 34.0. The Morgan fingerprint density at radius 2 is 2.00 bits per heavy atom. The Morgan fingerprint density at radius 1 is 1.32 bits per heavy atom. The fourth-order valence-electron chi connectivity index (χ4n) is 2.88. The molecule has 0 aliphatic carbocycles. The molecule has 140 valence electrons. The zero-order valence-corrected chi connectivity index (χ0v) is 16.1. The Hall–Kier alpha value is -1.44. The fourth-order valence-corrected chi connectivity index (χ4v) is 4.10. The third-order valence-corrected chi connectivity index (χ3v) is 5.87. The predicted molar refractivity (Wildman–Crippen MR) is 97.6 cm³/mol. The van der Waals surface area contributed by atoms with Crippen LogP contribution in [-0.4, -0.2) is 38.3 Å². The standard InChI is InChI=1S/C18H28N2O4S/c1-4-5-12-24-15(3)17-13-14(2)8-9-16(17)18(21)19-25(22,23)20-10-6-7-11-20/h8-9,13,15H,4-7,10-12H2,1-3H3,(H,19,21)/t15-/m1/s1. The third-order valence-electron chi connectivity index (χ3n) is 4.38. The number of aryl methyl sites for hydroxylation is 1. The summed E-state index contributed by atoms with van der Waals surface area (Å²) in [6.07, 6.45) is 3.35. The first kappa shape index (κ1) is 19.9. The molecule has 1 amide bonds. The van der Waals surface area contributed by atoms with Crippen molar-refractivity contribution in [3.63, 3.8) is 0 Å². The number of hydrogen-bond acceptors (Lipinski definition) is 4. The largest absolute Gasteiger partial charge is 0.374 e. The summed E-state index contributed by atoms with van der Waals surface area (Å²) in [5, 5.41) is 0. The van der Waals surface area contributed by atoms with Crippen LogP contribution in [0.4, 0.5) is 0 Å². The van der Waals surface area contributed by atoms with Gasteiger partial charge >= 0.3 is 10.2 Å². The molecule has 0 aromatic heterocycles. The summed E-state index contributed by atoms with van der Waals surface area (Å²) in [4.78, 5) is 12.6. The molecule has 7 heteroatoms.